The lowest BCUT2D eigenvalue weighted by molar-refractivity contribution is -0.131. The standard InChI is InChI=1S/C26H19ClO5S/c1-33(29,30)20-10-8-17(9-11-20)24-23(13-16-6-7-18-14-31-15-19(18)12-16)32-26(28)25(24)21-4-2-3-5-22(21)27/h2-13H,14-15H2,1H3/b23-13-. The molecule has 0 bridgehead atoms. The normalized spacial score (nSPS) is 16.9. The molecule has 0 unspecified atom stereocenters. The van der Waals surface area contributed by atoms with Crippen LogP contribution in [-0.4, -0.2) is 20.6 Å². The topological polar surface area (TPSA) is 69.7 Å². The Bertz CT molecular complexity index is 1450. The molecule has 5 nitrogen and oxygen atoms in total. The van der Waals surface area contributed by atoms with Gasteiger partial charge in [0.05, 0.1) is 23.7 Å². The van der Waals surface area contributed by atoms with E-state index in [-0.39, 0.29) is 4.90 Å². The summed E-state index contributed by atoms with van der Waals surface area (Å²) in [6.07, 6.45) is 2.96. The summed E-state index contributed by atoms with van der Waals surface area (Å²) >= 11 is 6.42. The molecule has 33 heavy (non-hydrogen) atoms. The van der Waals surface area contributed by atoms with Crippen molar-refractivity contribution in [3.63, 3.8) is 0 Å². The van der Waals surface area contributed by atoms with Gasteiger partial charge in [0, 0.05) is 22.4 Å². The van der Waals surface area contributed by atoms with E-state index in [4.69, 9.17) is 21.1 Å². The number of allylic oxidation sites excluding steroid dienone is 1. The molecule has 5 rings (SSSR count). The second-order valence-electron chi connectivity index (χ2n) is 7.95. The number of esters is 1. The van der Waals surface area contributed by atoms with Crippen LogP contribution in [0.5, 0.6) is 0 Å². The number of rotatable bonds is 4. The number of fused-ring (bicyclic) bond motifs is 1. The predicted molar refractivity (Wildman–Crippen MR) is 127 cm³/mol. The first kappa shape index (κ1) is 21.6. The molecule has 0 atom stereocenters. The summed E-state index contributed by atoms with van der Waals surface area (Å²) in [6.45, 7) is 1.14. The van der Waals surface area contributed by atoms with Gasteiger partial charge in [-0.3, -0.25) is 0 Å². The van der Waals surface area contributed by atoms with Crippen molar-refractivity contribution >= 4 is 44.6 Å². The molecule has 0 spiro atoms. The van der Waals surface area contributed by atoms with Crippen LogP contribution >= 0.6 is 11.6 Å². The van der Waals surface area contributed by atoms with Crippen LogP contribution in [0, 0.1) is 0 Å². The lowest BCUT2D eigenvalue weighted by atomic mass is 9.94. The van der Waals surface area contributed by atoms with Gasteiger partial charge in [0.25, 0.3) is 0 Å². The molecule has 2 heterocycles. The number of carbonyl (C=O) groups is 1. The minimum atomic E-state index is -3.36. The van der Waals surface area contributed by atoms with Crippen molar-refractivity contribution in [2.24, 2.45) is 0 Å². The maximum atomic E-state index is 13.0. The van der Waals surface area contributed by atoms with Gasteiger partial charge in [0.1, 0.15) is 5.76 Å². The van der Waals surface area contributed by atoms with Crippen LogP contribution in [0.4, 0.5) is 0 Å². The van der Waals surface area contributed by atoms with Crippen molar-refractivity contribution in [3.8, 4) is 0 Å². The Kier molecular flexibility index (Phi) is 5.44. The number of cyclic esters (lactones) is 1. The fourth-order valence-corrected chi connectivity index (χ4v) is 4.89. The molecule has 0 radical (unpaired) electrons. The third kappa shape index (κ3) is 4.13. The molecule has 0 saturated carbocycles. The predicted octanol–water partition coefficient (Wildman–Crippen LogP) is 5.28. The van der Waals surface area contributed by atoms with Crippen LogP contribution in [-0.2, 0) is 37.3 Å². The van der Waals surface area contributed by atoms with Crippen molar-refractivity contribution in [2.75, 3.05) is 6.26 Å². The highest BCUT2D eigenvalue weighted by atomic mass is 35.5. The third-order valence-electron chi connectivity index (χ3n) is 5.66. The summed E-state index contributed by atoms with van der Waals surface area (Å²) in [4.78, 5) is 13.2. The van der Waals surface area contributed by atoms with Crippen molar-refractivity contribution in [1.82, 2.24) is 0 Å². The van der Waals surface area contributed by atoms with Gasteiger partial charge in [-0.05, 0) is 52.6 Å². The highest BCUT2D eigenvalue weighted by Crippen LogP contribution is 2.42. The summed E-state index contributed by atoms with van der Waals surface area (Å²) in [6, 6.07) is 19.4. The fraction of sp³-hybridized carbons (Fsp3) is 0.115. The van der Waals surface area contributed by atoms with Crippen molar-refractivity contribution in [1.29, 1.82) is 0 Å². The summed E-state index contributed by atoms with van der Waals surface area (Å²) in [5.41, 5.74) is 5.21. The summed E-state index contributed by atoms with van der Waals surface area (Å²) in [7, 11) is -3.36. The average molecular weight is 479 g/mol. The molecule has 0 saturated heterocycles. The molecule has 0 aliphatic carbocycles. The van der Waals surface area contributed by atoms with Crippen LogP contribution in [0.2, 0.25) is 5.02 Å². The molecule has 0 fully saturated rings. The van der Waals surface area contributed by atoms with E-state index in [1.807, 2.05) is 18.2 Å². The number of hydrogen-bond acceptors (Lipinski definition) is 5. The van der Waals surface area contributed by atoms with Crippen LogP contribution in [0.1, 0.15) is 27.8 Å². The van der Waals surface area contributed by atoms with Gasteiger partial charge in [-0.2, -0.15) is 0 Å². The molecule has 0 N–H and O–H groups in total. The molecule has 7 heteroatoms. The zero-order chi connectivity index (χ0) is 23.2. The lowest BCUT2D eigenvalue weighted by Crippen LogP contribution is -1.99. The number of carbonyl (C=O) groups excluding carboxylic acids is 1. The van der Waals surface area contributed by atoms with Crippen LogP contribution < -0.4 is 0 Å². The Labute approximate surface area is 196 Å². The van der Waals surface area contributed by atoms with E-state index in [0.29, 0.717) is 46.3 Å². The number of hydrogen-bond donors (Lipinski definition) is 0. The van der Waals surface area contributed by atoms with Crippen LogP contribution in [0.25, 0.3) is 17.2 Å². The van der Waals surface area contributed by atoms with E-state index in [2.05, 4.69) is 0 Å². The second kappa shape index (κ2) is 8.30. The molecule has 3 aromatic rings. The summed E-state index contributed by atoms with van der Waals surface area (Å²) < 4.78 is 35.0. The minimum Gasteiger partial charge on any atom is -0.422 e. The van der Waals surface area contributed by atoms with Gasteiger partial charge in [-0.1, -0.05) is 54.1 Å². The Hall–Kier alpha value is -3.19. The average Bonchev–Trinajstić information content (AvgIpc) is 3.37. The molecule has 2 aliphatic rings. The molecule has 0 aromatic heterocycles. The molecule has 166 valence electrons. The molecular formula is C26H19ClO5S. The van der Waals surface area contributed by atoms with Gasteiger partial charge in [-0.15, -0.1) is 0 Å². The van der Waals surface area contributed by atoms with Crippen molar-refractivity contribution in [2.45, 2.75) is 18.1 Å². The summed E-state index contributed by atoms with van der Waals surface area (Å²) in [5, 5.41) is 0.422. The monoisotopic (exact) mass is 478 g/mol. The highest BCUT2D eigenvalue weighted by molar-refractivity contribution is 7.90. The summed E-state index contributed by atoms with van der Waals surface area (Å²) in [5.74, 6) is -0.137. The Morgan fingerprint density at radius 2 is 1.64 bits per heavy atom. The molecule has 0 amide bonds. The van der Waals surface area contributed by atoms with E-state index in [0.717, 1.165) is 22.9 Å². The Morgan fingerprint density at radius 3 is 2.36 bits per heavy atom. The van der Waals surface area contributed by atoms with E-state index in [1.54, 1.807) is 42.5 Å². The Balaban J connectivity index is 1.69. The first-order chi connectivity index (χ1) is 15.8. The van der Waals surface area contributed by atoms with Gasteiger partial charge < -0.3 is 9.47 Å². The first-order valence-corrected chi connectivity index (χ1v) is 12.5. The van der Waals surface area contributed by atoms with E-state index in [9.17, 15) is 13.2 Å². The smallest absolute Gasteiger partial charge is 0.344 e. The largest absolute Gasteiger partial charge is 0.422 e. The first-order valence-electron chi connectivity index (χ1n) is 10.2. The van der Waals surface area contributed by atoms with Crippen molar-refractivity contribution < 1.29 is 22.7 Å². The fourth-order valence-electron chi connectivity index (χ4n) is 4.03. The molecular weight excluding hydrogens is 460 g/mol. The van der Waals surface area contributed by atoms with Crippen LogP contribution in [0.15, 0.2) is 77.4 Å². The maximum absolute atomic E-state index is 13.0. The van der Waals surface area contributed by atoms with Gasteiger partial charge in [0.2, 0.25) is 0 Å². The third-order valence-corrected chi connectivity index (χ3v) is 7.12. The van der Waals surface area contributed by atoms with E-state index >= 15 is 0 Å². The number of ether oxygens (including phenoxy) is 2. The zero-order valence-electron chi connectivity index (χ0n) is 17.7. The van der Waals surface area contributed by atoms with Gasteiger partial charge in [-0.25, -0.2) is 13.2 Å². The quantitative estimate of drug-likeness (QED) is 0.477. The van der Waals surface area contributed by atoms with Gasteiger partial charge >= 0.3 is 5.97 Å². The second-order valence-corrected chi connectivity index (χ2v) is 10.4. The molecule has 3 aromatic carbocycles. The number of halogens is 1. The van der Waals surface area contributed by atoms with E-state index in [1.165, 1.54) is 12.1 Å². The maximum Gasteiger partial charge on any atom is 0.344 e. The Morgan fingerprint density at radius 1 is 0.909 bits per heavy atom. The number of benzene rings is 3. The minimum absolute atomic E-state index is 0.195. The van der Waals surface area contributed by atoms with Crippen LogP contribution in [0.3, 0.4) is 0 Å². The van der Waals surface area contributed by atoms with Crippen molar-refractivity contribution in [3.05, 3.63) is 105 Å². The lowest BCUT2D eigenvalue weighted by Gasteiger charge is -2.09. The van der Waals surface area contributed by atoms with E-state index < -0.39 is 15.8 Å². The highest BCUT2D eigenvalue weighted by Gasteiger charge is 2.33. The SMILES string of the molecule is CS(=O)(=O)c1ccc(C2=C(c3ccccc3Cl)C(=O)O/C2=C\c2ccc3c(c2)COC3)cc1. The zero-order valence-corrected chi connectivity index (χ0v) is 19.2. The van der Waals surface area contributed by atoms with Gasteiger partial charge in [0.15, 0.2) is 9.84 Å². The molecule has 2 aliphatic heterocycles. The number of sulfone groups is 1.